The van der Waals surface area contributed by atoms with Crippen LogP contribution in [0.25, 0.3) is 0 Å². The van der Waals surface area contributed by atoms with Gasteiger partial charge in [-0.25, -0.2) is 0 Å². The average Bonchev–Trinajstić information content (AvgIpc) is 2.16. The zero-order valence-electron chi connectivity index (χ0n) is 11.1. The van der Waals surface area contributed by atoms with Crippen LogP contribution in [0.3, 0.4) is 0 Å². The van der Waals surface area contributed by atoms with E-state index in [0.717, 1.165) is 24.1 Å². The number of carbonyl (C=O) groups excluding carboxylic acids is 1. The second kappa shape index (κ2) is 8.53. The van der Waals surface area contributed by atoms with Gasteiger partial charge in [0.2, 0.25) is 0 Å². The zero-order valence-corrected chi connectivity index (χ0v) is 11.1. The quantitative estimate of drug-likeness (QED) is 0.263. The predicted octanol–water partition coefficient (Wildman–Crippen LogP) is 1.79. The lowest BCUT2D eigenvalue weighted by Gasteiger charge is -2.28. The number of carbonyl (C=O) groups is 1. The number of esters is 1. The summed E-state index contributed by atoms with van der Waals surface area (Å²) in [5.74, 6) is -0.219. The SMILES string of the molecule is CCCCCOC[N+](C)(C)CCOC(C)=O. The Morgan fingerprint density at radius 1 is 1.19 bits per heavy atom. The topological polar surface area (TPSA) is 35.5 Å². The van der Waals surface area contributed by atoms with E-state index in [1.54, 1.807) is 0 Å². The van der Waals surface area contributed by atoms with Gasteiger partial charge in [-0.1, -0.05) is 19.8 Å². The Hall–Kier alpha value is -0.610. The third-order valence-electron chi connectivity index (χ3n) is 2.33. The molecule has 0 fully saturated rings. The van der Waals surface area contributed by atoms with Crippen molar-refractivity contribution in [3.05, 3.63) is 0 Å². The van der Waals surface area contributed by atoms with Crippen molar-refractivity contribution >= 4 is 5.97 Å². The van der Waals surface area contributed by atoms with E-state index in [-0.39, 0.29) is 5.97 Å². The molecule has 0 atom stereocenters. The average molecular weight is 232 g/mol. The third kappa shape index (κ3) is 9.93. The van der Waals surface area contributed by atoms with Gasteiger partial charge in [-0.3, -0.25) is 4.79 Å². The Balaban J connectivity index is 3.49. The lowest BCUT2D eigenvalue weighted by molar-refractivity contribution is -0.909. The lowest BCUT2D eigenvalue weighted by atomic mass is 10.3. The van der Waals surface area contributed by atoms with Gasteiger partial charge in [0.15, 0.2) is 6.73 Å². The molecular weight excluding hydrogens is 206 g/mol. The summed E-state index contributed by atoms with van der Waals surface area (Å²) < 4.78 is 11.2. The highest BCUT2D eigenvalue weighted by Crippen LogP contribution is 2.00. The summed E-state index contributed by atoms with van der Waals surface area (Å²) in [6.07, 6.45) is 3.56. The van der Waals surface area contributed by atoms with Crippen LogP contribution in [0.2, 0.25) is 0 Å². The van der Waals surface area contributed by atoms with Crippen molar-refractivity contribution in [2.75, 3.05) is 40.6 Å². The summed E-state index contributed by atoms with van der Waals surface area (Å²) >= 11 is 0. The maximum Gasteiger partial charge on any atom is 0.302 e. The number of hydrogen-bond acceptors (Lipinski definition) is 3. The molecule has 0 aliphatic rings. The number of unbranched alkanes of at least 4 members (excludes halogenated alkanes) is 2. The van der Waals surface area contributed by atoms with Crippen LogP contribution in [-0.2, 0) is 14.3 Å². The lowest BCUT2D eigenvalue weighted by Crippen LogP contribution is -2.44. The highest BCUT2D eigenvalue weighted by Gasteiger charge is 2.15. The fourth-order valence-electron chi connectivity index (χ4n) is 1.27. The first kappa shape index (κ1) is 15.4. The van der Waals surface area contributed by atoms with Gasteiger partial charge in [0.05, 0.1) is 20.7 Å². The minimum absolute atomic E-state index is 0.219. The van der Waals surface area contributed by atoms with Crippen LogP contribution in [-0.4, -0.2) is 51.0 Å². The second-order valence-corrected chi connectivity index (χ2v) is 4.74. The fraction of sp³-hybridized carbons (Fsp3) is 0.917. The number of quaternary nitrogens is 1. The van der Waals surface area contributed by atoms with Crippen LogP contribution in [0.1, 0.15) is 33.1 Å². The van der Waals surface area contributed by atoms with Gasteiger partial charge >= 0.3 is 5.97 Å². The summed E-state index contributed by atoms with van der Waals surface area (Å²) in [7, 11) is 4.15. The molecule has 0 aliphatic heterocycles. The number of rotatable bonds is 9. The summed E-state index contributed by atoms with van der Waals surface area (Å²) in [4.78, 5) is 10.6. The molecule has 0 heterocycles. The van der Waals surface area contributed by atoms with Crippen molar-refractivity contribution in [2.24, 2.45) is 0 Å². The van der Waals surface area contributed by atoms with Crippen LogP contribution < -0.4 is 0 Å². The van der Waals surface area contributed by atoms with E-state index < -0.39 is 0 Å². The van der Waals surface area contributed by atoms with Crippen LogP contribution in [0, 0.1) is 0 Å². The third-order valence-corrected chi connectivity index (χ3v) is 2.33. The van der Waals surface area contributed by atoms with Crippen molar-refractivity contribution in [3.63, 3.8) is 0 Å². The van der Waals surface area contributed by atoms with Gasteiger partial charge in [-0.2, -0.15) is 0 Å². The standard InChI is InChI=1S/C12H26NO3/c1-5-6-7-9-15-11-13(3,4)8-10-16-12(2)14/h5-11H2,1-4H3/q+1. The van der Waals surface area contributed by atoms with E-state index in [1.165, 1.54) is 19.8 Å². The molecule has 0 N–H and O–H groups in total. The maximum atomic E-state index is 10.6. The number of nitrogens with zero attached hydrogens (tertiary/aromatic N) is 1. The minimum atomic E-state index is -0.219. The minimum Gasteiger partial charge on any atom is -0.460 e. The molecular formula is C12H26NO3+. The molecule has 0 amide bonds. The smallest absolute Gasteiger partial charge is 0.302 e. The monoisotopic (exact) mass is 232 g/mol. The number of hydrogen-bond donors (Lipinski definition) is 0. The van der Waals surface area contributed by atoms with Crippen LogP contribution in [0.5, 0.6) is 0 Å². The fourth-order valence-corrected chi connectivity index (χ4v) is 1.27. The summed E-state index contributed by atoms with van der Waals surface area (Å²) in [6, 6.07) is 0. The summed E-state index contributed by atoms with van der Waals surface area (Å²) in [5, 5.41) is 0. The van der Waals surface area contributed by atoms with E-state index >= 15 is 0 Å². The number of likely N-dealkylation sites (N-methyl/N-ethyl adjacent to an activating group) is 1. The van der Waals surface area contributed by atoms with Crippen molar-refractivity contribution < 1.29 is 18.8 Å². The molecule has 0 spiro atoms. The van der Waals surface area contributed by atoms with Crippen molar-refractivity contribution in [1.82, 2.24) is 0 Å². The largest absolute Gasteiger partial charge is 0.460 e. The summed E-state index contributed by atoms with van der Waals surface area (Å²) in [5.41, 5.74) is 0. The van der Waals surface area contributed by atoms with Gasteiger partial charge in [0, 0.05) is 6.92 Å². The van der Waals surface area contributed by atoms with E-state index in [1.807, 2.05) is 0 Å². The van der Waals surface area contributed by atoms with Crippen LogP contribution in [0.4, 0.5) is 0 Å². The Kier molecular flexibility index (Phi) is 8.21. The molecule has 0 aliphatic carbocycles. The van der Waals surface area contributed by atoms with Gasteiger partial charge in [-0.15, -0.1) is 0 Å². The molecule has 0 radical (unpaired) electrons. The molecule has 0 bridgehead atoms. The molecule has 0 aromatic rings. The predicted molar refractivity (Wildman–Crippen MR) is 64.0 cm³/mol. The van der Waals surface area contributed by atoms with E-state index in [2.05, 4.69) is 21.0 Å². The Morgan fingerprint density at radius 3 is 2.44 bits per heavy atom. The molecule has 0 aromatic heterocycles. The molecule has 0 rings (SSSR count). The molecule has 0 saturated carbocycles. The first-order valence-corrected chi connectivity index (χ1v) is 6.01. The van der Waals surface area contributed by atoms with Crippen molar-refractivity contribution in [2.45, 2.75) is 33.1 Å². The maximum absolute atomic E-state index is 10.6. The first-order chi connectivity index (χ1) is 7.48. The molecule has 4 heteroatoms. The normalized spacial score (nSPS) is 11.5. The van der Waals surface area contributed by atoms with E-state index in [4.69, 9.17) is 9.47 Å². The highest BCUT2D eigenvalue weighted by molar-refractivity contribution is 5.65. The Morgan fingerprint density at radius 2 is 1.88 bits per heavy atom. The van der Waals surface area contributed by atoms with Gasteiger partial charge < -0.3 is 14.0 Å². The highest BCUT2D eigenvalue weighted by atomic mass is 16.5. The van der Waals surface area contributed by atoms with Gasteiger partial charge in [-0.05, 0) is 6.42 Å². The van der Waals surface area contributed by atoms with Gasteiger partial charge in [0.1, 0.15) is 13.2 Å². The molecule has 0 unspecified atom stereocenters. The van der Waals surface area contributed by atoms with E-state index in [9.17, 15) is 4.79 Å². The Bertz CT molecular complexity index is 193. The molecule has 4 nitrogen and oxygen atoms in total. The molecule has 0 aromatic carbocycles. The van der Waals surface area contributed by atoms with Crippen LogP contribution >= 0.6 is 0 Å². The number of ether oxygens (including phenoxy) is 2. The molecule has 16 heavy (non-hydrogen) atoms. The van der Waals surface area contributed by atoms with Gasteiger partial charge in [0.25, 0.3) is 0 Å². The zero-order chi connectivity index (χ0) is 12.4. The molecule has 0 saturated heterocycles. The van der Waals surface area contributed by atoms with Crippen LogP contribution in [0.15, 0.2) is 0 Å². The first-order valence-electron chi connectivity index (χ1n) is 6.01. The Labute approximate surface area is 99.1 Å². The van der Waals surface area contributed by atoms with E-state index in [0.29, 0.717) is 13.3 Å². The second-order valence-electron chi connectivity index (χ2n) is 4.74. The molecule has 96 valence electrons. The van der Waals surface area contributed by atoms with Crippen molar-refractivity contribution in [3.8, 4) is 0 Å². The van der Waals surface area contributed by atoms with Crippen molar-refractivity contribution in [1.29, 1.82) is 0 Å². The summed E-state index contributed by atoms with van der Waals surface area (Å²) in [6.45, 7) is 6.35.